The van der Waals surface area contributed by atoms with Crippen molar-refractivity contribution in [3.63, 3.8) is 0 Å². The molecule has 0 bridgehead atoms. The Morgan fingerprint density at radius 1 is 1.50 bits per heavy atom. The van der Waals surface area contributed by atoms with Gasteiger partial charge in [-0.25, -0.2) is 0 Å². The summed E-state index contributed by atoms with van der Waals surface area (Å²) in [5, 5.41) is 0.665. The van der Waals surface area contributed by atoms with Crippen LogP contribution in [0.3, 0.4) is 0 Å². The highest BCUT2D eigenvalue weighted by Crippen LogP contribution is 2.34. The highest BCUT2D eigenvalue weighted by Gasteiger charge is 2.31. The number of benzene rings is 1. The van der Waals surface area contributed by atoms with E-state index >= 15 is 0 Å². The molecule has 0 unspecified atom stereocenters. The molecule has 0 radical (unpaired) electrons. The zero-order valence-electron chi connectivity index (χ0n) is 15.2. The number of ketones is 1. The number of hydrogen-bond acceptors (Lipinski definition) is 2. The minimum Gasteiger partial charge on any atom is -0.306 e. The fourth-order valence-corrected chi connectivity index (χ4v) is 3.32. The summed E-state index contributed by atoms with van der Waals surface area (Å²) in [4.78, 5) is 14.2. The number of likely N-dealkylation sites (tertiary alicyclic amines) is 1. The highest BCUT2D eigenvalue weighted by atomic mass is 35.5. The molecule has 0 amide bonds. The molecule has 1 aromatic carbocycles. The Morgan fingerprint density at radius 2 is 2.25 bits per heavy atom. The molecule has 2 nitrogen and oxygen atoms in total. The van der Waals surface area contributed by atoms with Gasteiger partial charge in [0.1, 0.15) is 5.78 Å². The van der Waals surface area contributed by atoms with Gasteiger partial charge in [-0.3, -0.25) is 4.79 Å². The summed E-state index contributed by atoms with van der Waals surface area (Å²) in [5.74, 6) is -0.0743. The Hall–Kier alpha value is -0.860. The van der Waals surface area contributed by atoms with E-state index in [1.807, 2.05) is 38.1 Å². The van der Waals surface area contributed by atoms with Crippen LogP contribution < -0.4 is 0 Å². The lowest BCUT2D eigenvalue weighted by molar-refractivity contribution is -0.125. The molecular formula is C17H24ClNO. The molecule has 2 rings (SSSR count). The maximum Gasteiger partial charge on any atom is 0.138 e. The summed E-state index contributed by atoms with van der Waals surface area (Å²) >= 11 is 6.27. The molecule has 1 saturated heterocycles. The first-order chi connectivity index (χ1) is 10.6. The highest BCUT2D eigenvalue weighted by molar-refractivity contribution is 6.31. The van der Waals surface area contributed by atoms with Gasteiger partial charge in [0.05, 0.1) is 0 Å². The van der Waals surface area contributed by atoms with Gasteiger partial charge in [0, 0.05) is 28.0 Å². The van der Waals surface area contributed by atoms with E-state index in [-0.39, 0.29) is 17.1 Å². The van der Waals surface area contributed by atoms with Crippen molar-refractivity contribution in [1.29, 1.82) is 0 Å². The topological polar surface area (TPSA) is 20.3 Å². The average molecular weight is 297 g/mol. The van der Waals surface area contributed by atoms with E-state index < -0.39 is 6.98 Å². The molecule has 1 fully saturated rings. The third-order valence-electron chi connectivity index (χ3n) is 4.10. The number of halogens is 1. The molecule has 0 aliphatic carbocycles. The van der Waals surface area contributed by atoms with Gasteiger partial charge in [-0.05, 0) is 43.4 Å². The van der Waals surface area contributed by atoms with Gasteiger partial charge >= 0.3 is 0 Å². The van der Waals surface area contributed by atoms with Crippen molar-refractivity contribution in [2.24, 2.45) is 5.92 Å². The molecule has 1 atom stereocenters. The predicted octanol–water partition coefficient (Wildman–Crippen LogP) is 3.92. The fraction of sp³-hybridized carbons (Fsp3) is 0.588. The van der Waals surface area contributed by atoms with Gasteiger partial charge in [0.2, 0.25) is 0 Å². The first kappa shape index (κ1) is 11.8. The van der Waals surface area contributed by atoms with E-state index in [4.69, 9.17) is 15.7 Å². The molecule has 0 spiro atoms. The molecule has 1 aromatic rings. The Morgan fingerprint density at radius 3 is 2.95 bits per heavy atom. The lowest BCUT2D eigenvalue weighted by Crippen LogP contribution is -2.38. The maximum absolute atomic E-state index is 12.7. The molecular weight excluding hydrogens is 270 g/mol. The molecule has 1 heterocycles. The van der Waals surface area contributed by atoms with E-state index in [0.29, 0.717) is 24.5 Å². The quantitative estimate of drug-likeness (QED) is 0.839. The van der Waals surface area contributed by atoms with Crippen molar-refractivity contribution in [2.45, 2.75) is 38.5 Å². The third kappa shape index (κ3) is 3.62. The van der Waals surface area contributed by atoms with Gasteiger partial charge in [-0.2, -0.15) is 0 Å². The zero-order chi connectivity index (χ0) is 17.3. The summed E-state index contributed by atoms with van der Waals surface area (Å²) < 4.78 is 22.6. The van der Waals surface area contributed by atoms with Crippen LogP contribution in [0.5, 0.6) is 0 Å². The fourth-order valence-electron chi connectivity index (χ4n) is 2.93. The molecule has 1 aliphatic heterocycles. The first-order valence-electron chi connectivity index (χ1n) is 8.64. The van der Waals surface area contributed by atoms with Gasteiger partial charge in [-0.15, -0.1) is 0 Å². The second-order valence-corrected chi connectivity index (χ2v) is 6.70. The van der Waals surface area contributed by atoms with Crippen LogP contribution in [0, 0.1) is 5.92 Å². The SMILES string of the molecule is [2H]C([2H])([2H])N1CCC[C@H](C(=O)CC(C)(C)c2ccccc2Cl)C1. The van der Waals surface area contributed by atoms with Crippen LogP contribution in [0.1, 0.15) is 42.8 Å². The van der Waals surface area contributed by atoms with Crippen LogP contribution in [0.25, 0.3) is 0 Å². The number of nitrogens with zero attached hydrogens (tertiary/aromatic N) is 1. The van der Waals surface area contributed by atoms with Gasteiger partial charge in [0.25, 0.3) is 0 Å². The van der Waals surface area contributed by atoms with E-state index in [0.717, 1.165) is 18.4 Å². The summed E-state index contributed by atoms with van der Waals surface area (Å²) in [5.41, 5.74) is 0.594. The van der Waals surface area contributed by atoms with E-state index in [1.54, 1.807) is 0 Å². The summed E-state index contributed by atoms with van der Waals surface area (Å²) in [6.07, 6.45) is 1.89. The lowest BCUT2D eigenvalue weighted by atomic mass is 9.77. The monoisotopic (exact) mass is 296 g/mol. The van der Waals surface area contributed by atoms with Crippen molar-refractivity contribution < 1.29 is 8.91 Å². The normalized spacial score (nSPS) is 23.8. The molecule has 0 N–H and O–H groups in total. The number of rotatable bonds is 4. The molecule has 0 saturated carbocycles. The van der Waals surface area contributed by atoms with Crippen LogP contribution >= 0.6 is 11.6 Å². The molecule has 1 aliphatic rings. The third-order valence-corrected chi connectivity index (χ3v) is 4.43. The number of piperidine rings is 1. The smallest absolute Gasteiger partial charge is 0.138 e. The molecule has 3 heteroatoms. The summed E-state index contributed by atoms with van der Waals surface area (Å²) in [6, 6.07) is 7.58. The summed E-state index contributed by atoms with van der Waals surface area (Å²) in [6.45, 7) is 2.77. The number of carbonyl (C=O) groups is 1. The van der Waals surface area contributed by atoms with Gasteiger partial charge in [0.15, 0.2) is 0 Å². The van der Waals surface area contributed by atoms with Crippen molar-refractivity contribution in [3.05, 3.63) is 34.9 Å². The maximum atomic E-state index is 12.7. The van der Waals surface area contributed by atoms with E-state index in [9.17, 15) is 4.79 Å². The Labute approximate surface area is 131 Å². The van der Waals surface area contributed by atoms with Gasteiger partial charge in [-0.1, -0.05) is 43.6 Å². The minimum atomic E-state index is -2.11. The van der Waals surface area contributed by atoms with Crippen molar-refractivity contribution in [2.75, 3.05) is 20.1 Å². The average Bonchev–Trinajstić information content (AvgIpc) is 2.46. The van der Waals surface area contributed by atoms with Crippen molar-refractivity contribution in [1.82, 2.24) is 4.90 Å². The van der Waals surface area contributed by atoms with Crippen LogP contribution in [-0.2, 0) is 10.2 Å². The van der Waals surface area contributed by atoms with Gasteiger partial charge < -0.3 is 4.90 Å². The Bertz CT molecular complexity index is 571. The van der Waals surface area contributed by atoms with Crippen LogP contribution in [0.15, 0.2) is 24.3 Å². The van der Waals surface area contributed by atoms with E-state index in [1.165, 1.54) is 4.90 Å². The molecule has 110 valence electrons. The zero-order valence-corrected chi connectivity index (χ0v) is 12.9. The second kappa shape index (κ2) is 6.28. The predicted molar refractivity (Wildman–Crippen MR) is 84.3 cm³/mol. The van der Waals surface area contributed by atoms with E-state index in [2.05, 4.69) is 0 Å². The van der Waals surface area contributed by atoms with Crippen LogP contribution in [0.2, 0.25) is 5.02 Å². The Kier molecular flexibility index (Phi) is 3.69. The molecule has 0 aromatic heterocycles. The first-order valence-corrected chi connectivity index (χ1v) is 7.52. The Balaban J connectivity index is 2.08. The minimum absolute atomic E-state index is 0.129. The largest absolute Gasteiger partial charge is 0.306 e. The van der Waals surface area contributed by atoms with Crippen molar-refractivity contribution in [3.8, 4) is 0 Å². The second-order valence-electron chi connectivity index (χ2n) is 6.29. The summed E-state index contributed by atoms with van der Waals surface area (Å²) in [7, 11) is 0. The number of hydrogen-bond donors (Lipinski definition) is 0. The lowest BCUT2D eigenvalue weighted by Gasteiger charge is -2.32. The molecule has 20 heavy (non-hydrogen) atoms. The number of Topliss-reactive ketones (excluding diaryl/α,β-unsaturated/α-hetero) is 1. The van der Waals surface area contributed by atoms with Crippen molar-refractivity contribution >= 4 is 17.4 Å². The standard InChI is InChI=1S/C17H24ClNO/c1-17(2,14-8-4-5-9-15(14)18)11-16(20)13-7-6-10-19(3)12-13/h4-5,8-9,13H,6-7,10-12H2,1-3H3/t13-/m0/s1/i3D3. The number of carbonyl (C=O) groups excluding carboxylic acids is 1. The van der Waals surface area contributed by atoms with Crippen LogP contribution in [0.4, 0.5) is 0 Å². The van der Waals surface area contributed by atoms with Crippen LogP contribution in [-0.4, -0.2) is 30.7 Å².